The van der Waals surface area contributed by atoms with E-state index in [0.29, 0.717) is 10.7 Å². The standard InChI is InChI=1S/C14H12ClNO4/c15-7-1-3-8(4-2-7)16-13(17)11-9-5-6-10(20-9)12(11)14(18)19/h1-6,9-12H,(H,16,17)(H,18,19)/t9-,10-,11+,12+/m1/s1. The zero-order valence-corrected chi connectivity index (χ0v) is 11.1. The van der Waals surface area contributed by atoms with Crippen molar-refractivity contribution in [3.05, 3.63) is 41.4 Å². The molecule has 0 aromatic heterocycles. The van der Waals surface area contributed by atoms with E-state index in [4.69, 9.17) is 16.3 Å². The molecule has 1 amide bonds. The van der Waals surface area contributed by atoms with E-state index >= 15 is 0 Å². The third-order valence-electron chi connectivity index (χ3n) is 3.60. The maximum Gasteiger partial charge on any atom is 0.310 e. The number of anilines is 1. The Morgan fingerprint density at radius 1 is 1.10 bits per heavy atom. The first-order chi connectivity index (χ1) is 9.56. The van der Waals surface area contributed by atoms with E-state index in [9.17, 15) is 14.7 Å². The third-order valence-corrected chi connectivity index (χ3v) is 3.85. The first-order valence-corrected chi connectivity index (χ1v) is 6.57. The second-order valence-corrected chi connectivity index (χ2v) is 5.27. The Balaban J connectivity index is 1.78. The number of halogens is 1. The number of nitrogens with one attached hydrogen (secondary N) is 1. The average molecular weight is 294 g/mol. The largest absolute Gasteiger partial charge is 0.481 e. The summed E-state index contributed by atoms with van der Waals surface area (Å²) >= 11 is 5.77. The van der Waals surface area contributed by atoms with Gasteiger partial charge in [-0.15, -0.1) is 0 Å². The fraction of sp³-hybridized carbons (Fsp3) is 0.286. The molecule has 0 radical (unpaired) electrons. The summed E-state index contributed by atoms with van der Waals surface area (Å²) in [6.45, 7) is 0. The molecule has 2 aliphatic rings. The highest BCUT2D eigenvalue weighted by atomic mass is 35.5. The molecule has 0 unspecified atom stereocenters. The highest BCUT2D eigenvalue weighted by Crippen LogP contribution is 2.39. The second kappa shape index (κ2) is 4.92. The van der Waals surface area contributed by atoms with Crippen LogP contribution in [0.25, 0.3) is 0 Å². The number of carboxylic acids is 1. The number of carbonyl (C=O) groups excluding carboxylic acids is 1. The molecule has 1 aromatic carbocycles. The van der Waals surface area contributed by atoms with E-state index in [-0.39, 0.29) is 5.91 Å². The number of ether oxygens (including phenoxy) is 1. The van der Waals surface area contributed by atoms with E-state index in [1.54, 1.807) is 36.4 Å². The minimum absolute atomic E-state index is 0.350. The van der Waals surface area contributed by atoms with Crippen LogP contribution < -0.4 is 5.32 Å². The molecule has 3 rings (SSSR count). The van der Waals surface area contributed by atoms with Gasteiger partial charge in [0.1, 0.15) is 5.92 Å². The lowest BCUT2D eigenvalue weighted by atomic mass is 9.82. The molecule has 2 N–H and O–H groups in total. The van der Waals surface area contributed by atoms with Crippen molar-refractivity contribution in [1.29, 1.82) is 0 Å². The Labute approximate surface area is 120 Å². The first kappa shape index (κ1) is 13.1. The minimum atomic E-state index is -1.02. The summed E-state index contributed by atoms with van der Waals surface area (Å²) in [5.41, 5.74) is 0.579. The summed E-state index contributed by atoms with van der Waals surface area (Å²) in [5.74, 6) is -2.91. The van der Waals surface area contributed by atoms with Gasteiger partial charge in [0.25, 0.3) is 0 Å². The second-order valence-electron chi connectivity index (χ2n) is 4.84. The van der Waals surface area contributed by atoms with Crippen molar-refractivity contribution in [2.24, 2.45) is 11.8 Å². The topological polar surface area (TPSA) is 75.6 Å². The number of aliphatic carboxylic acids is 1. The molecule has 104 valence electrons. The number of fused-ring (bicyclic) bond motifs is 2. The van der Waals surface area contributed by atoms with Crippen LogP contribution in [-0.2, 0) is 14.3 Å². The molecule has 1 aromatic rings. The smallest absolute Gasteiger partial charge is 0.310 e. The maximum absolute atomic E-state index is 12.3. The van der Waals surface area contributed by atoms with Crippen molar-refractivity contribution in [3.8, 4) is 0 Å². The Kier molecular flexibility index (Phi) is 3.23. The molecule has 6 heteroatoms. The lowest BCUT2D eigenvalue weighted by molar-refractivity contribution is -0.145. The Hall–Kier alpha value is -1.85. The summed E-state index contributed by atoms with van der Waals surface area (Å²) in [4.78, 5) is 23.6. The highest BCUT2D eigenvalue weighted by Gasteiger charge is 2.53. The zero-order chi connectivity index (χ0) is 14.3. The van der Waals surface area contributed by atoms with Gasteiger partial charge in [0.15, 0.2) is 0 Å². The molecular weight excluding hydrogens is 282 g/mol. The van der Waals surface area contributed by atoms with Crippen LogP contribution in [0.5, 0.6) is 0 Å². The van der Waals surface area contributed by atoms with Crippen molar-refractivity contribution in [1.82, 2.24) is 0 Å². The molecule has 2 bridgehead atoms. The van der Waals surface area contributed by atoms with Gasteiger partial charge in [-0.2, -0.15) is 0 Å². The van der Waals surface area contributed by atoms with Gasteiger partial charge < -0.3 is 15.2 Å². The van der Waals surface area contributed by atoms with Gasteiger partial charge >= 0.3 is 5.97 Å². The molecule has 1 fully saturated rings. The number of hydrogen-bond donors (Lipinski definition) is 2. The summed E-state index contributed by atoms with van der Waals surface area (Å²) < 4.78 is 5.46. The number of benzene rings is 1. The van der Waals surface area contributed by atoms with Gasteiger partial charge in [0, 0.05) is 10.7 Å². The van der Waals surface area contributed by atoms with Gasteiger partial charge in [0.05, 0.1) is 18.1 Å². The van der Waals surface area contributed by atoms with Crippen LogP contribution in [-0.4, -0.2) is 29.2 Å². The first-order valence-electron chi connectivity index (χ1n) is 6.19. The van der Waals surface area contributed by atoms with E-state index in [2.05, 4.69) is 5.32 Å². The number of rotatable bonds is 3. The van der Waals surface area contributed by atoms with Crippen molar-refractivity contribution in [3.63, 3.8) is 0 Å². The number of carboxylic acid groups (broad SMARTS) is 1. The molecule has 2 aliphatic heterocycles. The monoisotopic (exact) mass is 293 g/mol. The fourth-order valence-electron chi connectivity index (χ4n) is 2.67. The molecule has 4 atom stereocenters. The summed E-state index contributed by atoms with van der Waals surface area (Å²) in [6.07, 6.45) is 2.47. The number of amides is 1. The minimum Gasteiger partial charge on any atom is -0.481 e. The quantitative estimate of drug-likeness (QED) is 0.835. The van der Waals surface area contributed by atoms with Gasteiger partial charge in [0.2, 0.25) is 5.91 Å². The normalized spacial score (nSPS) is 30.4. The van der Waals surface area contributed by atoms with Gasteiger partial charge in [-0.25, -0.2) is 0 Å². The van der Waals surface area contributed by atoms with Crippen LogP contribution in [0.3, 0.4) is 0 Å². The van der Waals surface area contributed by atoms with Gasteiger partial charge in [-0.3, -0.25) is 9.59 Å². The molecule has 0 aliphatic carbocycles. The number of hydrogen-bond acceptors (Lipinski definition) is 3. The fourth-order valence-corrected chi connectivity index (χ4v) is 2.80. The Bertz CT molecular complexity index is 583. The van der Waals surface area contributed by atoms with E-state index < -0.39 is 30.0 Å². The van der Waals surface area contributed by atoms with Crippen molar-refractivity contribution < 1.29 is 19.4 Å². The number of carbonyl (C=O) groups is 2. The summed E-state index contributed by atoms with van der Waals surface area (Å²) in [5, 5.41) is 12.5. The van der Waals surface area contributed by atoms with Gasteiger partial charge in [-0.1, -0.05) is 23.8 Å². The van der Waals surface area contributed by atoms with Crippen LogP contribution in [0.2, 0.25) is 5.02 Å². The molecule has 20 heavy (non-hydrogen) atoms. The van der Waals surface area contributed by atoms with E-state index in [1.165, 1.54) is 0 Å². The molecular formula is C14H12ClNO4. The summed E-state index contributed by atoms with van der Waals surface area (Å²) in [6, 6.07) is 6.64. The van der Waals surface area contributed by atoms with Crippen LogP contribution in [0.15, 0.2) is 36.4 Å². The molecule has 5 nitrogen and oxygen atoms in total. The van der Waals surface area contributed by atoms with Crippen molar-refractivity contribution in [2.45, 2.75) is 12.2 Å². The predicted octanol–water partition coefficient (Wildman–Crippen LogP) is 1.93. The average Bonchev–Trinajstić information content (AvgIpc) is 3.01. The van der Waals surface area contributed by atoms with Crippen LogP contribution in [0, 0.1) is 11.8 Å². The molecule has 0 saturated carbocycles. The van der Waals surface area contributed by atoms with Crippen molar-refractivity contribution in [2.75, 3.05) is 5.32 Å². The Morgan fingerprint density at radius 2 is 1.70 bits per heavy atom. The van der Waals surface area contributed by atoms with Crippen LogP contribution in [0.1, 0.15) is 0 Å². The highest BCUT2D eigenvalue weighted by molar-refractivity contribution is 6.30. The van der Waals surface area contributed by atoms with Crippen molar-refractivity contribution >= 4 is 29.2 Å². The third kappa shape index (κ3) is 2.19. The maximum atomic E-state index is 12.3. The van der Waals surface area contributed by atoms with Gasteiger partial charge in [-0.05, 0) is 24.3 Å². The lowest BCUT2D eigenvalue weighted by Crippen LogP contribution is -2.39. The van der Waals surface area contributed by atoms with Crippen LogP contribution in [0.4, 0.5) is 5.69 Å². The molecule has 0 spiro atoms. The summed E-state index contributed by atoms with van der Waals surface area (Å²) in [7, 11) is 0. The van der Waals surface area contributed by atoms with E-state index in [1.807, 2.05) is 0 Å². The van der Waals surface area contributed by atoms with Crippen LogP contribution >= 0.6 is 11.6 Å². The van der Waals surface area contributed by atoms with E-state index in [0.717, 1.165) is 0 Å². The zero-order valence-electron chi connectivity index (χ0n) is 10.3. The lowest BCUT2D eigenvalue weighted by Gasteiger charge is -2.20. The molecule has 2 heterocycles. The SMILES string of the molecule is O=C(O)[C@@H]1[C@@H](C(=O)Nc2ccc(Cl)cc2)[C@H]2C=C[C@H]1O2. The predicted molar refractivity (Wildman–Crippen MR) is 72.5 cm³/mol. The molecule has 1 saturated heterocycles. The Morgan fingerprint density at radius 3 is 2.30 bits per heavy atom.